The summed E-state index contributed by atoms with van der Waals surface area (Å²) in [6.45, 7) is 2.64. The number of nitrogens with two attached hydrogens (primary N) is 1. The maximum atomic E-state index is 13.5. The Kier molecular flexibility index (Phi) is 6.98. The zero-order valence-electron chi connectivity index (χ0n) is 19.2. The van der Waals surface area contributed by atoms with Gasteiger partial charge in [-0.15, -0.1) is 0 Å². The Morgan fingerprint density at radius 2 is 1.88 bits per heavy atom. The standard InChI is InChI=1S/C26H30N4O4/c1-16-9-11-17(12-10-16)25(32)30-15-22-19(18-6-2-3-7-20(18)28-22)14-23(30)24(31)29-21(26(33)34)8-4-5-13-27/h2-3,6-7,9-12,21,23,28H,4-5,8,13-15,27H2,1H3,(H,29,31)(H,33,34). The van der Waals surface area contributed by atoms with Gasteiger partial charge in [0, 0.05) is 28.6 Å². The second-order valence-electron chi connectivity index (χ2n) is 8.83. The number of para-hydroxylation sites is 1. The molecule has 0 saturated heterocycles. The largest absolute Gasteiger partial charge is 0.480 e. The molecule has 0 bridgehead atoms. The van der Waals surface area contributed by atoms with Crippen molar-refractivity contribution in [1.29, 1.82) is 0 Å². The third kappa shape index (κ3) is 4.82. The Morgan fingerprint density at radius 3 is 2.59 bits per heavy atom. The highest BCUT2D eigenvalue weighted by atomic mass is 16.4. The SMILES string of the molecule is Cc1ccc(C(=O)N2Cc3[nH]c4ccccc4c3CC2C(=O)NC(CCCCN)C(=O)O)cc1. The van der Waals surface area contributed by atoms with Crippen molar-refractivity contribution in [3.05, 3.63) is 70.9 Å². The molecule has 8 nitrogen and oxygen atoms in total. The van der Waals surface area contributed by atoms with Gasteiger partial charge in [0.05, 0.1) is 6.54 Å². The van der Waals surface area contributed by atoms with Crippen molar-refractivity contribution in [3.63, 3.8) is 0 Å². The first-order valence-corrected chi connectivity index (χ1v) is 11.6. The van der Waals surface area contributed by atoms with E-state index < -0.39 is 24.0 Å². The zero-order valence-corrected chi connectivity index (χ0v) is 19.2. The van der Waals surface area contributed by atoms with Crippen LogP contribution in [0.15, 0.2) is 48.5 Å². The molecule has 1 aromatic heterocycles. The Hall–Kier alpha value is -3.65. The van der Waals surface area contributed by atoms with E-state index in [9.17, 15) is 19.5 Å². The maximum Gasteiger partial charge on any atom is 0.326 e. The van der Waals surface area contributed by atoms with Crippen molar-refractivity contribution in [1.82, 2.24) is 15.2 Å². The van der Waals surface area contributed by atoms with Crippen LogP contribution in [-0.2, 0) is 22.6 Å². The number of benzene rings is 2. The molecule has 0 radical (unpaired) electrons. The number of carbonyl (C=O) groups excluding carboxylic acids is 2. The number of carboxylic acids is 1. The normalized spacial score (nSPS) is 16.2. The lowest BCUT2D eigenvalue weighted by molar-refractivity contribution is -0.142. The third-order valence-electron chi connectivity index (χ3n) is 6.43. The molecule has 0 fully saturated rings. The molecule has 2 amide bonds. The fourth-order valence-corrected chi connectivity index (χ4v) is 4.54. The summed E-state index contributed by atoms with van der Waals surface area (Å²) in [5, 5.41) is 13.3. The van der Waals surface area contributed by atoms with Crippen LogP contribution in [0.2, 0.25) is 0 Å². The van der Waals surface area contributed by atoms with Crippen LogP contribution in [0.25, 0.3) is 10.9 Å². The number of fused-ring (bicyclic) bond motifs is 3. The highest BCUT2D eigenvalue weighted by Gasteiger charge is 2.38. The summed E-state index contributed by atoms with van der Waals surface area (Å²) < 4.78 is 0. The van der Waals surface area contributed by atoms with E-state index in [2.05, 4.69) is 10.3 Å². The highest BCUT2D eigenvalue weighted by molar-refractivity contribution is 5.99. The van der Waals surface area contributed by atoms with Crippen molar-refractivity contribution >= 4 is 28.7 Å². The number of aryl methyl sites for hydroxylation is 1. The van der Waals surface area contributed by atoms with Gasteiger partial charge in [0.15, 0.2) is 0 Å². The van der Waals surface area contributed by atoms with Crippen LogP contribution >= 0.6 is 0 Å². The quantitative estimate of drug-likeness (QED) is 0.383. The monoisotopic (exact) mass is 462 g/mol. The fourth-order valence-electron chi connectivity index (χ4n) is 4.54. The number of amides is 2. The fraction of sp³-hybridized carbons (Fsp3) is 0.346. The Bertz CT molecular complexity index is 1200. The zero-order chi connectivity index (χ0) is 24.2. The molecule has 2 atom stereocenters. The number of H-pyrrole nitrogens is 1. The molecule has 0 saturated carbocycles. The molecule has 4 rings (SSSR count). The van der Waals surface area contributed by atoms with Crippen molar-refractivity contribution in [2.24, 2.45) is 5.73 Å². The number of aromatic amines is 1. The minimum absolute atomic E-state index is 0.236. The summed E-state index contributed by atoms with van der Waals surface area (Å²) in [5.41, 5.74) is 9.86. The lowest BCUT2D eigenvalue weighted by atomic mass is 9.94. The summed E-state index contributed by atoms with van der Waals surface area (Å²) in [4.78, 5) is 43.6. The molecule has 2 aromatic carbocycles. The number of rotatable bonds is 8. The van der Waals surface area contributed by atoms with Gasteiger partial charge in [-0.2, -0.15) is 0 Å². The topological polar surface area (TPSA) is 129 Å². The first-order valence-electron chi connectivity index (χ1n) is 11.6. The molecule has 5 N–H and O–H groups in total. The van der Waals surface area contributed by atoms with Gasteiger partial charge < -0.3 is 26.0 Å². The summed E-state index contributed by atoms with van der Waals surface area (Å²) in [6, 6.07) is 13.2. The van der Waals surface area contributed by atoms with Crippen molar-refractivity contribution < 1.29 is 19.5 Å². The molecule has 0 aliphatic carbocycles. The molecule has 2 heterocycles. The number of hydrogen-bond donors (Lipinski definition) is 4. The van der Waals surface area contributed by atoms with E-state index >= 15 is 0 Å². The van der Waals surface area contributed by atoms with Crippen molar-refractivity contribution in [2.45, 2.75) is 51.2 Å². The summed E-state index contributed by atoms with van der Waals surface area (Å²) in [7, 11) is 0. The summed E-state index contributed by atoms with van der Waals surface area (Å²) >= 11 is 0. The number of nitrogens with zero attached hydrogens (tertiary/aromatic N) is 1. The lowest BCUT2D eigenvalue weighted by Gasteiger charge is -2.35. The van der Waals surface area contributed by atoms with E-state index in [4.69, 9.17) is 5.73 Å². The van der Waals surface area contributed by atoms with E-state index in [0.29, 0.717) is 31.4 Å². The molecular formula is C26H30N4O4. The predicted molar refractivity (Wildman–Crippen MR) is 129 cm³/mol. The number of nitrogens with one attached hydrogen (secondary N) is 2. The van der Waals surface area contributed by atoms with Gasteiger partial charge in [-0.05, 0) is 56.5 Å². The molecule has 3 aromatic rings. The number of aromatic nitrogens is 1. The number of carbonyl (C=O) groups is 3. The average Bonchev–Trinajstić information content (AvgIpc) is 3.20. The van der Waals surface area contributed by atoms with Gasteiger partial charge in [0.1, 0.15) is 12.1 Å². The van der Waals surface area contributed by atoms with E-state index in [0.717, 1.165) is 27.7 Å². The smallest absolute Gasteiger partial charge is 0.326 e. The third-order valence-corrected chi connectivity index (χ3v) is 6.43. The van der Waals surface area contributed by atoms with E-state index in [-0.39, 0.29) is 18.9 Å². The van der Waals surface area contributed by atoms with Gasteiger partial charge in [-0.25, -0.2) is 4.79 Å². The van der Waals surface area contributed by atoms with E-state index in [1.165, 1.54) is 4.90 Å². The second-order valence-corrected chi connectivity index (χ2v) is 8.83. The molecule has 178 valence electrons. The molecule has 2 unspecified atom stereocenters. The van der Waals surface area contributed by atoms with Gasteiger partial charge in [-0.1, -0.05) is 35.9 Å². The van der Waals surface area contributed by atoms with E-state index in [1.807, 2.05) is 43.3 Å². The number of unbranched alkanes of at least 4 members (excludes halogenated alkanes) is 1. The average molecular weight is 463 g/mol. The lowest BCUT2D eigenvalue weighted by Crippen LogP contribution is -2.55. The Labute approximate surface area is 198 Å². The number of carboxylic acid groups (broad SMARTS) is 1. The second kappa shape index (κ2) is 10.1. The summed E-state index contributed by atoms with van der Waals surface area (Å²) in [5.74, 6) is -1.82. The van der Waals surface area contributed by atoms with Gasteiger partial charge in [-0.3, -0.25) is 9.59 Å². The van der Waals surface area contributed by atoms with Gasteiger partial charge in [0.25, 0.3) is 5.91 Å². The highest BCUT2D eigenvalue weighted by Crippen LogP contribution is 2.31. The van der Waals surface area contributed by atoms with Crippen LogP contribution in [-0.4, -0.2) is 51.4 Å². The molecule has 1 aliphatic heterocycles. The molecule has 1 aliphatic rings. The minimum atomic E-state index is -1.09. The molecular weight excluding hydrogens is 432 g/mol. The van der Waals surface area contributed by atoms with Crippen LogP contribution in [0.5, 0.6) is 0 Å². The molecule has 34 heavy (non-hydrogen) atoms. The van der Waals surface area contributed by atoms with E-state index in [1.54, 1.807) is 12.1 Å². The Balaban J connectivity index is 1.65. The van der Waals surface area contributed by atoms with Crippen LogP contribution in [0.1, 0.15) is 46.4 Å². The summed E-state index contributed by atoms with van der Waals surface area (Å²) in [6.07, 6.45) is 1.87. The minimum Gasteiger partial charge on any atom is -0.480 e. The van der Waals surface area contributed by atoms with Crippen LogP contribution < -0.4 is 11.1 Å². The Morgan fingerprint density at radius 1 is 1.15 bits per heavy atom. The molecule has 0 spiro atoms. The van der Waals surface area contributed by atoms with Crippen LogP contribution in [0, 0.1) is 6.92 Å². The molecule has 8 heteroatoms. The number of aliphatic carboxylic acids is 1. The first-order chi connectivity index (χ1) is 16.4. The predicted octanol–water partition coefficient (Wildman–Crippen LogP) is 2.74. The number of hydrogen-bond acceptors (Lipinski definition) is 4. The van der Waals surface area contributed by atoms with Crippen LogP contribution in [0.4, 0.5) is 0 Å². The van der Waals surface area contributed by atoms with Gasteiger partial charge in [0.2, 0.25) is 5.91 Å². The van der Waals surface area contributed by atoms with Crippen molar-refractivity contribution in [3.8, 4) is 0 Å². The van der Waals surface area contributed by atoms with Gasteiger partial charge >= 0.3 is 5.97 Å². The van der Waals surface area contributed by atoms with Crippen molar-refractivity contribution in [2.75, 3.05) is 6.54 Å². The van der Waals surface area contributed by atoms with Crippen LogP contribution in [0.3, 0.4) is 0 Å². The maximum absolute atomic E-state index is 13.5. The first kappa shape index (κ1) is 23.5.